The van der Waals surface area contributed by atoms with Crippen LogP contribution in [-0.4, -0.2) is 5.11 Å². The van der Waals surface area contributed by atoms with Gasteiger partial charge < -0.3 is 15.4 Å². The number of thiocarbonyl (C=S) groups is 1. The first kappa shape index (κ1) is 17.0. The average Bonchev–Trinajstić information content (AvgIpc) is 2.65. The van der Waals surface area contributed by atoms with E-state index in [1.54, 1.807) is 0 Å². The van der Waals surface area contributed by atoms with Gasteiger partial charge in [-0.1, -0.05) is 48.5 Å². The molecule has 0 saturated carbocycles. The second-order valence-electron chi connectivity index (χ2n) is 5.67. The molecule has 3 aromatic rings. The molecule has 1 unspecified atom stereocenters. The molecule has 0 bridgehead atoms. The zero-order valence-corrected chi connectivity index (χ0v) is 14.8. The Morgan fingerprint density at radius 3 is 2.00 bits per heavy atom. The molecule has 3 nitrogen and oxygen atoms in total. The molecule has 0 aliphatic rings. The number of rotatable bonds is 5. The molecule has 0 radical (unpaired) electrons. The van der Waals surface area contributed by atoms with Crippen molar-refractivity contribution < 1.29 is 4.74 Å². The number of nitrogens with one attached hydrogen (secondary N) is 2. The summed E-state index contributed by atoms with van der Waals surface area (Å²) in [7, 11) is 0. The molecule has 0 amide bonds. The lowest BCUT2D eigenvalue weighted by atomic mass is 10.1. The summed E-state index contributed by atoms with van der Waals surface area (Å²) in [6.07, 6.45) is 0. The molecule has 0 aliphatic heterocycles. The topological polar surface area (TPSA) is 33.3 Å². The van der Waals surface area contributed by atoms with Crippen LogP contribution in [0.15, 0.2) is 84.9 Å². The van der Waals surface area contributed by atoms with Crippen LogP contribution in [0.5, 0.6) is 11.5 Å². The van der Waals surface area contributed by atoms with Gasteiger partial charge in [-0.05, 0) is 61.1 Å². The molecule has 0 spiro atoms. The van der Waals surface area contributed by atoms with Crippen LogP contribution in [0.2, 0.25) is 0 Å². The summed E-state index contributed by atoms with van der Waals surface area (Å²) in [5.74, 6) is 1.60. The minimum atomic E-state index is 0.141. The van der Waals surface area contributed by atoms with Crippen molar-refractivity contribution in [2.75, 3.05) is 5.32 Å². The van der Waals surface area contributed by atoms with Gasteiger partial charge in [0.2, 0.25) is 0 Å². The van der Waals surface area contributed by atoms with E-state index in [4.69, 9.17) is 17.0 Å². The van der Waals surface area contributed by atoms with E-state index in [0.717, 1.165) is 17.2 Å². The molecule has 0 aromatic heterocycles. The van der Waals surface area contributed by atoms with E-state index in [0.29, 0.717) is 5.11 Å². The molecule has 3 aromatic carbocycles. The molecule has 2 N–H and O–H groups in total. The fourth-order valence-corrected chi connectivity index (χ4v) is 2.71. The van der Waals surface area contributed by atoms with Crippen molar-refractivity contribution in [1.82, 2.24) is 5.32 Å². The van der Waals surface area contributed by atoms with Crippen LogP contribution in [0.25, 0.3) is 0 Å². The minimum absolute atomic E-state index is 0.141. The Balaban J connectivity index is 1.55. The highest BCUT2D eigenvalue weighted by atomic mass is 32.1. The predicted molar refractivity (Wildman–Crippen MR) is 107 cm³/mol. The third-order valence-electron chi connectivity index (χ3n) is 3.74. The van der Waals surface area contributed by atoms with Gasteiger partial charge >= 0.3 is 0 Å². The number of hydrogen-bond acceptors (Lipinski definition) is 2. The summed E-state index contributed by atoms with van der Waals surface area (Å²) in [6.45, 7) is 2.08. The molecule has 0 saturated heterocycles. The van der Waals surface area contributed by atoms with Crippen LogP contribution in [0.1, 0.15) is 18.5 Å². The largest absolute Gasteiger partial charge is 0.457 e. The van der Waals surface area contributed by atoms with E-state index in [9.17, 15) is 0 Å². The smallest absolute Gasteiger partial charge is 0.171 e. The van der Waals surface area contributed by atoms with Crippen LogP contribution in [0, 0.1) is 0 Å². The lowest BCUT2D eigenvalue weighted by molar-refractivity contribution is 0.483. The third-order valence-corrected chi connectivity index (χ3v) is 3.96. The molecule has 4 heteroatoms. The van der Waals surface area contributed by atoms with E-state index < -0.39 is 0 Å². The van der Waals surface area contributed by atoms with Crippen LogP contribution >= 0.6 is 12.2 Å². The summed E-state index contributed by atoms with van der Waals surface area (Å²) in [6, 6.07) is 27.8. The fourth-order valence-electron chi connectivity index (χ4n) is 2.42. The lowest BCUT2D eigenvalue weighted by Gasteiger charge is -2.17. The number of benzene rings is 3. The highest BCUT2D eigenvalue weighted by Gasteiger charge is 2.06. The first-order valence-corrected chi connectivity index (χ1v) is 8.57. The van der Waals surface area contributed by atoms with Crippen molar-refractivity contribution in [2.45, 2.75) is 13.0 Å². The van der Waals surface area contributed by atoms with E-state index in [1.165, 1.54) is 5.56 Å². The van der Waals surface area contributed by atoms with E-state index in [2.05, 4.69) is 29.7 Å². The van der Waals surface area contributed by atoms with Gasteiger partial charge in [0.1, 0.15) is 11.5 Å². The third kappa shape index (κ3) is 5.06. The van der Waals surface area contributed by atoms with Crippen LogP contribution in [0.3, 0.4) is 0 Å². The van der Waals surface area contributed by atoms with Gasteiger partial charge in [0.05, 0.1) is 6.04 Å². The Labute approximate surface area is 153 Å². The highest BCUT2D eigenvalue weighted by Crippen LogP contribution is 2.22. The Morgan fingerprint density at radius 2 is 1.36 bits per heavy atom. The first-order chi connectivity index (χ1) is 12.2. The average molecular weight is 348 g/mol. The van der Waals surface area contributed by atoms with Gasteiger partial charge in [0, 0.05) is 5.69 Å². The van der Waals surface area contributed by atoms with E-state index in [1.807, 2.05) is 72.8 Å². The molecular weight excluding hydrogens is 328 g/mol. The number of para-hydroxylation sites is 1. The van der Waals surface area contributed by atoms with Crippen molar-refractivity contribution in [1.29, 1.82) is 0 Å². The standard InChI is InChI=1S/C21H20N2OS/c1-16(17-8-4-2-5-9-17)22-21(25)23-18-12-14-20(15-13-18)24-19-10-6-3-7-11-19/h2-16H,1H3,(H2,22,23,25). The van der Waals surface area contributed by atoms with E-state index >= 15 is 0 Å². The Kier molecular flexibility index (Phi) is 5.65. The maximum Gasteiger partial charge on any atom is 0.171 e. The predicted octanol–water partition coefficient (Wildman–Crippen LogP) is 5.53. The molecule has 3 rings (SSSR count). The van der Waals surface area contributed by atoms with Gasteiger partial charge in [0.15, 0.2) is 5.11 Å². The van der Waals surface area contributed by atoms with Crippen LogP contribution < -0.4 is 15.4 Å². The monoisotopic (exact) mass is 348 g/mol. The normalized spacial score (nSPS) is 11.4. The van der Waals surface area contributed by atoms with Crippen molar-refractivity contribution in [3.05, 3.63) is 90.5 Å². The second kappa shape index (κ2) is 8.31. The zero-order chi connectivity index (χ0) is 17.5. The molecule has 126 valence electrons. The van der Waals surface area contributed by atoms with E-state index in [-0.39, 0.29) is 6.04 Å². The molecule has 0 fully saturated rings. The molecule has 0 heterocycles. The molecular formula is C21H20N2OS. The van der Waals surface area contributed by atoms with Crippen molar-refractivity contribution in [2.24, 2.45) is 0 Å². The zero-order valence-electron chi connectivity index (χ0n) is 14.0. The molecule has 1 atom stereocenters. The summed E-state index contributed by atoms with van der Waals surface area (Å²) in [5, 5.41) is 7.08. The van der Waals surface area contributed by atoms with Crippen molar-refractivity contribution in [3.8, 4) is 11.5 Å². The lowest BCUT2D eigenvalue weighted by Crippen LogP contribution is -2.30. The van der Waals surface area contributed by atoms with Crippen LogP contribution in [-0.2, 0) is 0 Å². The Bertz CT molecular complexity index is 804. The maximum atomic E-state index is 5.78. The Hall–Kier alpha value is -2.85. The SMILES string of the molecule is CC(NC(=S)Nc1ccc(Oc2ccccc2)cc1)c1ccccc1. The van der Waals surface area contributed by atoms with Gasteiger partial charge in [-0.15, -0.1) is 0 Å². The van der Waals surface area contributed by atoms with Gasteiger partial charge in [-0.2, -0.15) is 0 Å². The first-order valence-electron chi connectivity index (χ1n) is 8.16. The van der Waals surface area contributed by atoms with Crippen LogP contribution in [0.4, 0.5) is 5.69 Å². The highest BCUT2D eigenvalue weighted by molar-refractivity contribution is 7.80. The number of anilines is 1. The molecule has 25 heavy (non-hydrogen) atoms. The fraction of sp³-hybridized carbons (Fsp3) is 0.0952. The van der Waals surface area contributed by atoms with Gasteiger partial charge in [0.25, 0.3) is 0 Å². The minimum Gasteiger partial charge on any atom is -0.457 e. The summed E-state index contributed by atoms with van der Waals surface area (Å²) >= 11 is 5.40. The number of hydrogen-bond donors (Lipinski definition) is 2. The molecule has 0 aliphatic carbocycles. The van der Waals surface area contributed by atoms with Crippen molar-refractivity contribution in [3.63, 3.8) is 0 Å². The quantitative estimate of drug-likeness (QED) is 0.594. The Morgan fingerprint density at radius 1 is 0.800 bits per heavy atom. The van der Waals surface area contributed by atoms with Gasteiger partial charge in [-0.3, -0.25) is 0 Å². The summed E-state index contributed by atoms with van der Waals surface area (Å²) < 4.78 is 5.78. The maximum absolute atomic E-state index is 5.78. The second-order valence-corrected chi connectivity index (χ2v) is 6.08. The number of ether oxygens (including phenoxy) is 1. The van der Waals surface area contributed by atoms with Crippen molar-refractivity contribution >= 4 is 23.0 Å². The summed E-state index contributed by atoms with van der Waals surface area (Å²) in [4.78, 5) is 0. The van der Waals surface area contributed by atoms with Gasteiger partial charge in [-0.25, -0.2) is 0 Å². The summed E-state index contributed by atoms with van der Waals surface area (Å²) in [5.41, 5.74) is 2.11.